The molecule has 0 aliphatic heterocycles. The second-order valence-electron chi connectivity index (χ2n) is 6.45. The van der Waals surface area contributed by atoms with E-state index in [0.29, 0.717) is 23.8 Å². The summed E-state index contributed by atoms with van der Waals surface area (Å²) in [6, 6.07) is 19.4. The van der Waals surface area contributed by atoms with E-state index in [1.165, 1.54) is 30.4 Å². The number of phenols is 1. The van der Waals surface area contributed by atoms with Gasteiger partial charge in [-0.15, -0.1) is 0 Å². The Labute approximate surface area is 133 Å². The third kappa shape index (κ3) is 3.69. The van der Waals surface area contributed by atoms with Gasteiger partial charge in [0.2, 0.25) is 0 Å². The summed E-state index contributed by atoms with van der Waals surface area (Å²) in [5.41, 5.74) is 2.63. The number of nitrogens with one attached hydrogen (secondary N) is 1. The summed E-state index contributed by atoms with van der Waals surface area (Å²) in [5, 5.41) is 13.5. The fraction of sp³-hybridized carbons (Fsp3) is 0.400. The van der Waals surface area contributed by atoms with Gasteiger partial charge in [-0.2, -0.15) is 0 Å². The molecule has 1 saturated carbocycles. The molecule has 2 heteroatoms. The molecule has 0 aromatic heterocycles. The minimum absolute atomic E-state index is 0.380. The summed E-state index contributed by atoms with van der Waals surface area (Å²) < 4.78 is 0. The molecule has 0 saturated heterocycles. The van der Waals surface area contributed by atoms with Crippen LogP contribution in [0.5, 0.6) is 5.75 Å². The van der Waals surface area contributed by atoms with Crippen molar-refractivity contribution < 1.29 is 5.11 Å². The maximum absolute atomic E-state index is 9.69. The molecule has 0 heterocycles. The molecule has 3 atom stereocenters. The van der Waals surface area contributed by atoms with Gasteiger partial charge in [0.1, 0.15) is 5.75 Å². The van der Waals surface area contributed by atoms with E-state index in [1.54, 1.807) is 6.07 Å². The number of phenolic OH excluding ortho intramolecular Hbond substituents is 1. The molecule has 0 radical (unpaired) electrons. The first-order valence-corrected chi connectivity index (χ1v) is 8.32. The van der Waals surface area contributed by atoms with Crippen LogP contribution in [0.2, 0.25) is 0 Å². The Hall–Kier alpha value is -1.80. The molecule has 3 unspecified atom stereocenters. The summed E-state index contributed by atoms with van der Waals surface area (Å²) in [6.07, 6.45) is 4.87. The molecule has 0 spiro atoms. The van der Waals surface area contributed by atoms with Crippen molar-refractivity contribution in [3.63, 3.8) is 0 Å². The summed E-state index contributed by atoms with van der Waals surface area (Å²) in [7, 11) is 0. The van der Waals surface area contributed by atoms with E-state index >= 15 is 0 Å². The number of benzene rings is 2. The van der Waals surface area contributed by atoms with E-state index in [-0.39, 0.29) is 0 Å². The van der Waals surface area contributed by atoms with Crippen molar-refractivity contribution in [2.75, 3.05) is 0 Å². The molecule has 1 aliphatic rings. The molecule has 1 fully saturated rings. The highest BCUT2D eigenvalue weighted by molar-refractivity contribution is 5.30. The minimum Gasteiger partial charge on any atom is -0.508 e. The number of rotatable bonds is 4. The van der Waals surface area contributed by atoms with Crippen LogP contribution in [0.3, 0.4) is 0 Å². The third-order valence-corrected chi connectivity index (χ3v) is 4.80. The van der Waals surface area contributed by atoms with Crippen molar-refractivity contribution >= 4 is 0 Å². The van der Waals surface area contributed by atoms with Gasteiger partial charge in [-0.25, -0.2) is 0 Å². The lowest BCUT2D eigenvalue weighted by Gasteiger charge is -2.32. The third-order valence-electron chi connectivity index (χ3n) is 4.80. The highest BCUT2D eigenvalue weighted by Crippen LogP contribution is 2.34. The first kappa shape index (κ1) is 15.1. The maximum atomic E-state index is 9.69. The summed E-state index contributed by atoms with van der Waals surface area (Å²) in [5.74, 6) is 0.937. The fourth-order valence-electron chi connectivity index (χ4n) is 3.61. The summed E-state index contributed by atoms with van der Waals surface area (Å²) in [4.78, 5) is 0. The van der Waals surface area contributed by atoms with Crippen LogP contribution in [-0.4, -0.2) is 11.1 Å². The van der Waals surface area contributed by atoms with Gasteiger partial charge in [-0.1, -0.05) is 48.9 Å². The largest absolute Gasteiger partial charge is 0.508 e. The monoisotopic (exact) mass is 295 g/mol. The van der Waals surface area contributed by atoms with Crippen molar-refractivity contribution in [3.05, 3.63) is 65.7 Å². The number of hydrogen-bond acceptors (Lipinski definition) is 2. The van der Waals surface area contributed by atoms with E-state index in [0.717, 1.165) is 6.42 Å². The van der Waals surface area contributed by atoms with Gasteiger partial charge in [0.25, 0.3) is 0 Å². The lowest BCUT2D eigenvalue weighted by Crippen LogP contribution is -2.35. The highest BCUT2D eigenvalue weighted by atomic mass is 16.3. The van der Waals surface area contributed by atoms with E-state index in [1.807, 2.05) is 12.1 Å². The van der Waals surface area contributed by atoms with Crippen LogP contribution in [0.1, 0.15) is 55.7 Å². The van der Waals surface area contributed by atoms with Crippen molar-refractivity contribution in [1.82, 2.24) is 5.32 Å². The highest BCUT2D eigenvalue weighted by Gasteiger charge is 2.24. The Balaban J connectivity index is 1.63. The summed E-state index contributed by atoms with van der Waals surface area (Å²) >= 11 is 0. The van der Waals surface area contributed by atoms with Crippen molar-refractivity contribution in [1.29, 1.82) is 0 Å². The van der Waals surface area contributed by atoms with E-state index in [2.05, 4.69) is 48.6 Å². The smallest absolute Gasteiger partial charge is 0.115 e. The molecule has 2 aromatic carbocycles. The molecule has 3 rings (SSSR count). The van der Waals surface area contributed by atoms with Crippen LogP contribution in [0.4, 0.5) is 0 Å². The molecule has 22 heavy (non-hydrogen) atoms. The van der Waals surface area contributed by atoms with Crippen LogP contribution < -0.4 is 5.32 Å². The molecular weight excluding hydrogens is 270 g/mol. The molecule has 0 bridgehead atoms. The van der Waals surface area contributed by atoms with Gasteiger partial charge in [-0.05, 0) is 55.4 Å². The van der Waals surface area contributed by atoms with Crippen LogP contribution >= 0.6 is 0 Å². The van der Waals surface area contributed by atoms with Gasteiger partial charge in [0.15, 0.2) is 0 Å². The average molecular weight is 295 g/mol. The zero-order chi connectivity index (χ0) is 15.4. The fourth-order valence-corrected chi connectivity index (χ4v) is 3.61. The van der Waals surface area contributed by atoms with Crippen molar-refractivity contribution in [2.24, 2.45) is 0 Å². The lowest BCUT2D eigenvalue weighted by atomic mass is 9.81. The number of aromatic hydroxyl groups is 1. The average Bonchev–Trinajstić information content (AvgIpc) is 2.56. The molecule has 0 amide bonds. The van der Waals surface area contributed by atoms with Gasteiger partial charge >= 0.3 is 0 Å². The first-order chi connectivity index (χ1) is 10.7. The zero-order valence-corrected chi connectivity index (χ0v) is 13.2. The molecular formula is C20H25NO. The zero-order valence-electron chi connectivity index (χ0n) is 13.2. The summed E-state index contributed by atoms with van der Waals surface area (Å²) in [6.45, 7) is 2.24. The minimum atomic E-state index is 0.380. The van der Waals surface area contributed by atoms with Crippen molar-refractivity contribution in [2.45, 2.75) is 50.6 Å². The van der Waals surface area contributed by atoms with E-state index < -0.39 is 0 Å². The van der Waals surface area contributed by atoms with E-state index in [9.17, 15) is 5.11 Å². The van der Waals surface area contributed by atoms with E-state index in [4.69, 9.17) is 0 Å². The topological polar surface area (TPSA) is 32.3 Å². The molecule has 116 valence electrons. The Morgan fingerprint density at radius 3 is 2.64 bits per heavy atom. The van der Waals surface area contributed by atoms with Crippen LogP contribution in [0.25, 0.3) is 0 Å². The second kappa shape index (κ2) is 6.97. The predicted octanol–water partition coefficient (Wildman–Crippen LogP) is 4.77. The Morgan fingerprint density at radius 1 is 1.05 bits per heavy atom. The first-order valence-electron chi connectivity index (χ1n) is 8.32. The van der Waals surface area contributed by atoms with Crippen LogP contribution in [0.15, 0.2) is 54.6 Å². The van der Waals surface area contributed by atoms with Gasteiger partial charge in [0.05, 0.1) is 0 Å². The SMILES string of the molecule is CC(NC1CCCC(c2cccc(O)c2)C1)c1ccccc1. The maximum Gasteiger partial charge on any atom is 0.115 e. The second-order valence-corrected chi connectivity index (χ2v) is 6.45. The molecule has 1 aliphatic carbocycles. The molecule has 2 aromatic rings. The van der Waals surface area contributed by atoms with Crippen LogP contribution in [-0.2, 0) is 0 Å². The lowest BCUT2D eigenvalue weighted by molar-refractivity contribution is 0.318. The normalized spacial score (nSPS) is 23.1. The Kier molecular flexibility index (Phi) is 4.79. The van der Waals surface area contributed by atoms with Crippen molar-refractivity contribution in [3.8, 4) is 5.75 Å². The standard InChI is InChI=1S/C20H25NO/c1-15(16-7-3-2-4-8-16)21-19-11-5-9-17(13-19)18-10-6-12-20(22)14-18/h2-4,6-8,10,12,14-15,17,19,21-22H,5,9,11,13H2,1H3. The molecule has 2 N–H and O–H groups in total. The predicted molar refractivity (Wildman–Crippen MR) is 91.1 cm³/mol. The van der Waals surface area contributed by atoms with Gasteiger partial charge in [0, 0.05) is 12.1 Å². The van der Waals surface area contributed by atoms with Gasteiger partial charge < -0.3 is 10.4 Å². The van der Waals surface area contributed by atoms with Gasteiger partial charge in [-0.3, -0.25) is 0 Å². The van der Waals surface area contributed by atoms with Crippen LogP contribution in [0, 0.1) is 0 Å². The number of hydrogen-bond donors (Lipinski definition) is 2. The Bertz CT molecular complexity index is 596. The Morgan fingerprint density at radius 2 is 1.86 bits per heavy atom. The quantitative estimate of drug-likeness (QED) is 0.851. The molecule has 2 nitrogen and oxygen atoms in total.